The van der Waals surface area contributed by atoms with Crippen LogP contribution in [0.5, 0.6) is 17.2 Å². The molecule has 0 amide bonds. The van der Waals surface area contributed by atoms with Gasteiger partial charge in [-0.2, -0.15) is 0 Å². The Morgan fingerprint density at radius 3 is 2.42 bits per heavy atom. The molecule has 0 atom stereocenters. The molecule has 2 aromatic rings. The second-order valence-electron chi connectivity index (χ2n) is 5.41. The Kier molecular flexibility index (Phi) is 5.22. The van der Waals surface area contributed by atoms with E-state index in [1.165, 1.54) is 0 Å². The fraction of sp³-hybridized carbons (Fsp3) is 0.200. The minimum absolute atomic E-state index is 0.223. The Balaban J connectivity index is 1.86. The van der Waals surface area contributed by atoms with E-state index in [1.54, 1.807) is 44.6 Å². The smallest absolute Gasteiger partial charge is 0.363 e. The van der Waals surface area contributed by atoms with E-state index in [0.717, 1.165) is 11.3 Å². The van der Waals surface area contributed by atoms with E-state index >= 15 is 0 Å². The highest BCUT2D eigenvalue weighted by atomic mass is 16.6. The maximum atomic E-state index is 12.1. The Morgan fingerprint density at radius 2 is 1.77 bits per heavy atom. The summed E-state index contributed by atoms with van der Waals surface area (Å²) in [6.07, 6.45) is 1.64. The number of carbonyl (C=O) groups excluding carboxylic acids is 1. The first-order chi connectivity index (χ1) is 12.6. The predicted molar refractivity (Wildman–Crippen MR) is 97.8 cm³/mol. The fourth-order valence-corrected chi connectivity index (χ4v) is 2.49. The van der Waals surface area contributed by atoms with Gasteiger partial charge in [0.15, 0.2) is 17.2 Å². The molecule has 1 aliphatic rings. The molecule has 0 N–H and O–H groups in total. The Morgan fingerprint density at radius 1 is 1.04 bits per heavy atom. The molecule has 0 saturated carbocycles. The van der Waals surface area contributed by atoms with Gasteiger partial charge in [0.2, 0.25) is 5.90 Å². The zero-order valence-corrected chi connectivity index (χ0v) is 14.8. The number of benzene rings is 2. The number of aliphatic imine (C=N–C) groups is 1. The minimum atomic E-state index is -0.497. The highest BCUT2D eigenvalue weighted by Crippen LogP contribution is 2.29. The normalized spacial score (nSPS) is 14.8. The van der Waals surface area contributed by atoms with E-state index in [4.69, 9.17) is 18.9 Å². The van der Waals surface area contributed by atoms with Crippen LogP contribution in [0, 0.1) is 0 Å². The molecule has 2 aromatic carbocycles. The van der Waals surface area contributed by atoms with Gasteiger partial charge in [0.1, 0.15) is 5.75 Å². The molecular formula is C20H19NO5. The minimum Gasteiger partial charge on any atom is -0.494 e. The molecule has 0 bridgehead atoms. The van der Waals surface area contributed by atoms with Crippen molar-refractivity contribution in [3.63, 3.8) is 0 Å². The van der Waals surface area contributed by atoms with Gasteiger partial charge in [0.05, 0.1) is 20.8 Å². The van der Waals surface area contributed by atoms with Crippen molar-refractivity contribution in [3.05, 3.63) is 59.3 Å². The molecule has 0 spiro atoms. The number of ether oxygens (including phenoxy) is 4. The van der Waals surface area contributed by atoms with Crippen LogP contribution in [-0.2, 0) is 9.53 Å². The zero-order chi connectivity index (χ0) is 18.5. The molecule has 3 rings (SSSR count). The van der Waals surface area contributed by atoms with Crippen molar-refractivity contribution in [2.75, 3.05) is 20.8 Å². The summed E-state index contributed by atoms with van der Waals surface area (Å²) in [4.78, 5) is 16.4. The first-order valence-corrected chi connectivity index (χ1v) is 8.12. The van der Waals surface area contributed by atoms with Crippen molar-refractivity contribution >= 4 is 17.9 Å². The lowest BCUT2D eigenvalue weighted by atomic mass is 10.1. The predicted octanol–water partition coefficient (Wildman–Crippen LogP) is 3.45. The van der Waals surface area contributed by atoms with E-state index in [-0.39, 0.29) is 11.6 Å². The molecule has 6 heteroatoms. The third-order valence-electron chi connectivity index (χ3n) is 3.74. The van der Waals surface area contributed by atoms with Crippen LogP contribution < -0.4 is 14.2 Å². The summed E-state index contributed by atoms with van der Waals surface area (Å²) in [6.45, 7) is 2.51. The molecule has 0 radical (unpaired) electrons. The van der Waals surface area contributed by atoms with Gasteiger partial charge in [0, 0.05) is 5.56 Å². The summed E-state index contributed by atoms with van der Waals surface area (Å²) in [6, 6.07) is 12.6. The van der Waals surface area contributed by atoms with Crippen molar-refractivity contribution in [1.29, 1.82) is 0 Å². The summed E-state index contributed by atoms with van der Waals surface area (Å²) in [5, 5.41) is 0. The summed E-state index contributed by atoms with van der Waals surface area (Å²) in [5.41, 5.74) is 1.69. The van der Waals surface area contributed by atoms with Gasteiger partial charge in [-0.25, -0.2) is 9.79 Å². The number of esters is 1. The quantitative estimate of drug-likeness (QED) is 0.588. The largest absolute Gasteiger partial charge is 0.494 e. The van der Waals surface area contributed by atoms with E-state index in [0.29, 0.717) is 23.7 Å². The van der Waals surface area contributed by atoms with Crippen LogP contribution in [0.3, 0.4) is 0 Å². The number of carbonyl (C=O) groups is 1. The topological polar surface area (TPSA) is 66.3 Å². The lowest BCUT2D eigenvalue weighted by molar-refractivity contribution is -0.129. The highest BCUT2D eigenvalue weighted by molar-refractivity contribution is 6.12. The van der Waals surface area contributed by atoms with Crippen molar-refractivity contribution < 1.29 is 23.7 Å². The Bertz CT molecular complexity index is 868. The van der Waals surface area contributed by atoms with Crippen LogP contribution in [0.25, 0.3) is 6.08 Å². The molecule has 134 valence electrons. The third kappa shape index (κ3) is 3.69. The molecule has 26 heavy (non-hydrogen) atoms. The number of hydrogen-bond acceptors (Lipinski definition) is 6. The van der Waals surface area contributed by atoms with Gasteiger partial charge in [-0.15, -0.1) is 0 Å². The van der Waals surface area contributed by atoms with E-state index in [9.17, 15) is 4.79 Å². The average Bonchev–Trinajstić information content (AvgIpc) is 3.03. The van der Waals surface area contributed by atoms with Crippen LogP contribution in [0.4, 0.5) is 0 Å². The Labute approximate surface area is 151 Å². The second kappa shape index (κ2) is 7.74. The molecule has 0 saturated heterocycles. The fourth-order valence-electron chi connectivity index (χ4n) is 2.49. The Hall–Kier alpha value is -3.28. The molecule has 0 aromatic heterocycles. The van der Waals surface area contributed by atoms with Gasteiger partial charge in [0.25, 0.3) is 0 Å². The van der Waals surface area contributed by atoms with Crippen molar-refractivity contribution in [2.24, 2.45) is 4.99 Å². The maximum absolute atomic E-state index is 12.1. The molecule has 0 fully saturated rings. The molecule has 1 aliphatic heterocycles. The van der Waals surface area contributed by atoms with E-state index in [2.05, 4.69) is 4.99 Å². The number of nitrogens with zero attached hydrogens (tertiary/aromatic N) is 1. The van der Waals surface area contributed by atoms with Gasteiger partial charge in [-0.05, 0) is 55.0 Å². The van der Waals surface area contributed by atoms with Gasteiger partial charge < -0.3 is 18.9 Å². The first kappa shape index (κ1) is 17.5. The molecular weight excluding hydrogens is 334 g/mol. The van der Waals surface area contributed by atoms with Gasteiger partial charge in [-0.3, -0.25) is 0 Å². The van der Waals surface area contributed by atoms with E-state index < -0.39 is 5.97 Å². The number of hydrogen-bond donors (Lipinski definition) is 0. The summed E-state index contributed by atoms with van der Waals surface area (Å²) in [7, 11) is 3.12. The van der Waals surface area contributed by atoms with E-state index in [1.807, 2.05) is 25.1 Å². The number of methoxy groups -OCH3 is 2. The SMILES string of the molecule is CCOc1ccc(C2=N/C(=C\c3ccc(OC)c(OC)c3)C(=O)O2)cc1. The lowest BCUT2D eigenvalue weighted by Crippen LogP contribution is -2.05. The molecule has 1 heterocycles. The standard InChI is InChI=1S/C20H19NO5/c1-4-25-15-8-6-14(7-9-15)19-21-16(20(22)26-19)11-13-5-10-17(23-2)18(12-13)24-3/h5-12H,4H2,1-3H3/b16-11-. The molecule has 0 unspecified atom stereocenters. The lowest BCUT2D eigenvalue weighted by Gasteiger charge is -2.07. The summed E-state index contributed by atoms with van der Waals surface area (Å²) < 4.78 is 21.2. The summed E-state index contributed by atoms with van der Waals surface area (Å²) in [5.74, 6) is 1.71. The molecule has 6 nitrogen and oxygen atoms in total. The van der Waals surface area contributed by atoms with Crippen molar-refractivity contribution in [2.45, 2.75) is 6.92 Å². The zero-order valence-electron chi connectivity index (χ0n) is 14.8. The third-order valence-corrected chi connectivity index (χ3v) is 3.74. The van der Waals surface area contributed by atoms with Crippen molar-refractivity contribution in [1.82, 2.24) is 0 Å². The molecule has 0 aliphatic carbocycles. The number of rotatable bonds is 6. The van der Waals surface area contributed by atoms with Gasteiger partial charge >= 0.3 is 5.97 Å². The number of cyclic esters (lactones) is 1. The van der Waals surface area contributed by atoms with Crippen molar-refractivity contribution in [3.8, 4) is 17.2 Å². The monoisotopic (exact) mass is 353 g/mol. The van der Waals surface area contributed by atoms with Gasteiger partial charge in [-0.1, -0.05) is 6.07 Å². The second-order valence-corrected chi connectivity index (χ2v) is 5.41. The first-order valence-electron chi connectivity index (χ1n) is 8.12. The van der Waals surface area contributed by atoms with Crippen LogP contribution in [0.15, 0.2) is 53.2 Å². The highest BCUT2D eigenvalue weighted by Gasteiger charge is 2.24. The van der Waals surface area contributed by atoms with Crippen LogP contribution in [0.2, 0.25) is 0 Å². The maximum Gasteiger partial charge on any atom is 0.363 e. The van der Waals surface area contributed by atoms with Crippen LogP contribution in [-0.4, -0.2) is 32.7 Å². The summed E-state index contributed by atoms with van der Waals surface area (Å²) >= 11 is 0. The van der Waals surface area contributed by atoms with Crippen LogP contribution in [0.1, 0.15) is 18.1 Å². The van der Waals surface area contributed by atoms with Crippen LogP contribution >= 0.6 is 0 Å². The average molecular weight is 353 g/mol.